The van der Waals surface area contributed by atoms with Gasteiger partial charge in [-0.25, -0.2) is 4.39 Å². The molecule has 4 heteroatoms. The van der Waals surface area contributed by atoms with E-state index in [1.807, 2.05) is 24.3 Å². The fourth-order valence-electron chi connectivity index (χ4n) is 2.93. The van der Waals surface area contributed by atoms with Gasteiger partial charge >= 0.3 is 0 Å². The number of rotatable bonds is 19. The summed E-state index contributed by atoms with van der Waals surface area (Å²) in [5.74, 6) is 0.918. The Morgan fingerprint density at radius 2 is 1.26 bits per heavy atom. The monoisotopic (exact) mass is 382 g/mol. The first kappa shape index (κ1) is 23.9. The van der Waals surface area contributed by atoms with Gasteiger partial charge in [-0.1, -0.05) is 76.8 Å². The molecule has 0 N–H and O–H groups in total. The van der Waals surface area contributed by atoms with Crippen LogP contribution in [0.15, 0.2) is 24.3 Å². The number of hydrogen-bond acceptors (Lipinski definition) is 3. The van der Waals surface area contributed by atoms with Crippen LogP contribution in [0.3, 0.4) is 0 Å². The fraction of sp³-hybridized carbons (Fsp3) is 0.739. The van der Waals surface area contributed by atoms with E-state index in [-0.39, 0.29) is 6.61 Å². The molecule has 0 radical (unpaired) electrons. The van der Waals surface area contributed by atoms with Crippen molar-refractivity contribution >= 4 is 0 Å². The van der Waals surface area contributed by atoms with Crippen LogP contribution >= 0.6 is 0 Å². The third-order valence-corrected chi connectivity index (χ3v) is 4.55. The lowest BCUT2D eigenvalue weighted by Gasteiger charge is -2.08. The molecule has 0 saturated carbocycles. The molecule has 27 heavy (non-hydrogen) atoms. The maximum absolute atomic E-state index is 11.9. The minimum Gasteiger partial charge on any atom is -0.494 e. The number of unbranched alkanes of at least 4 members (excludes halogenated alkanes) is 9. The number of benzene rings is 1. The van der Waals surface area contributed by atoms with Gasteiger partial charge in [-0.3, -0.25) is 0 Å². The molecule has 0 spiro atoms. The summed E-state index contributed by atoms with van der Waals surface area (Å²) in [5, 5.41) is 0. The fourth-order valence-corrected chi connectivity index (χ4v) is 2.93. The molecule has 156 valence electrons. The average Bonchev–Trinajstić information content (AvgIpc) is 2.70. The zero-order valence-corrected chi connectivity index (χ0v) is 17.2. The highest BCUT2D eigenvalue weighted by Crippen LogP contribution is 2.14. The van der Waals surface area contributed by atoms with Crippen LogP contribution in [0.1, 0.15) is 76.7 Å². The van der Waals surface area contributed by atoms with Gasteiger partial charge in [0.2, 0.25) is 0 Å². The van der Waals surface area contributed by atoms with Crippen molar-refractivity contribution in [1.82, 2.24) is 0 Å². The lowest BCUT2D eigenvalue weighted by molar-refractivity contribution is 0.0361. The zero-order valence-electron chi connectivity index (χ0n) is 17.2. The van der Waals surface area contributed by atoms with Crippen LogP contribution in [-0.2, 0) is 16.1 Å². The van der Waals surface area contributed by atoms with Crippen LogP contribution in [0, 0.1) is 0 Å². The average molecular weight is 383 g/mol. The molecule has 0 amide bonds. The Bertz CT molecular complexity index is 422. The molecule has 1 aromatic rings. The third-order valence-electron chi connectivity index (χ3n) is 4.55. The summed E-state index contributed by atoms with van der Waals surface area (Å²) in [6, 6.07) is 8.04. The van der Waals surface area contributed by atoms with E-state index in [9.17, 15) is 4.39 Å². The summed E-state index contributed by atoms with van der Waals surface area (Å²) < 4.78 is 28.2. The Kier molecular flexibility index (Phi) is 16.2. The highest BCUT2D eigenvalue weighted by molar-refractivity contribution is 5.26. The van der Waals surface area contributed by atoms with Gasteiger partial charge in [-0.15, -0.1) is 0 Å². The maximum atomic E-state index is 11.9. The van der Waals surface area contributed by atoms with Crippen molar-refractivity contribution < 1.29 is 18.6 Å². The molecular formula is C23H39FO3. The highest BCUT2D eigenvalue weighted by atomic mass is 19.1. The minimum atomic E-state index is -0.444. The summed E-state index contributed by atoms with van der Waals surface area (Å²) in [6.07, 6.45) is 13.4. The predicted molar refractivity (Wildman–Crippen MR) is 110 cm³/mol. The molecule has 0 aliphatic rings. The number of hydrogen-bond donors (Lipinski definition) is 0. The molecule has 1 aromatic carbocycles. The summed E-state index contributed by atoms with van der Waals surface area (Å²) >= 11 is 0. The molecule has 0 heterocycles. The molecule has 0 fully saturated rings. The summed E-state index contributed by atoms with van der Waals surface area (Å²) in [7, 11) is 0. The van der Waals surface area contributed by atoms with Crippen molar-refractivity contribution in [2.45, 2.75) is 77.7 Å². The Morgan fingerprint density at radius 3 is 1.89 bits per heavy atom. The van der Waals surface area contributed by atoms with Crippen molar-refractivity contribution in [3.8, 4) is 5.75 Å². The van der Waals surface area contributed by atoms with Gasteiger partial charge in [0.25, 0.3) is 0 Å². The van der Waals surface area contributed by atoms with Crippen molar-refractivity contribution in [2.75, 3.05) is 33.1 Å². The largest absolute Gasteiger partial charge is 0.494 e. The SMILES string of the molecule is CCCCCCCCCCCCOc1ccc(COCCOCCF)cc1. The molecule has 0 unspecified atom stereocenters. The highest BCUT2D eigenvalue weighted by Gasteiger charge is 1.98. The van der Waals surface area contributed by atoms with Gasteiger partial charge in [0.1, 0.15) is 12.4 Å². The van der Waals surface area contributed by atoms with E-state index in [1.54, 1.807) is 0 Å². The number of ether oxygens (including phenoxy) is 3. The second-order valence-corrected chi connectivity index (χ2v) is 7.03. The van der Waals surface area contributed by atoms with Crippen LogP contribution in [0.5, 0.6) is 5.75 Å². The first-order valence-electron chi connectivity index (χ1n) is 10.8. The van der Waals surface area contributed by atoms with E-state index in [2.05, 4.69) is 6.92 Å². The molecule has 3 nitrogen and oxygen atoms in total. The van der Waals surface area contributed by atoms with E-state index in [4.69, 9.17) is 14.2 Å². The summed E-state index contributed by atoms with van der Waals surface area (Å²) in [5.41, 5.74) is 1.10. The molecule has 1 rings (SSSR count). The zero-order chi connectivity index (χ0) is 19.4. The normalized spacial score (nSPS) is 11.0. The summed E-state index contributed by atoms with van der Waals surface area (Å²) in [6.45, 7) is 4.22. The van der Waals surface area contributed by atoms with Crippen LogP contribution in [0.4, 0.5) is 4.39 Å². The van der Waals surface area contributed by atoms with E-state index >= 15 is 0 Å². The third kappa shape index (κ3) is 14.6. The molecular weight excluding hydrogens is 343 g/mol. The Morgan fingerprint density at radius 1 is 0.667 bits per heavy atom. The van der Waals surface area contributed by atoms with Gasteiger partial charge in [-0.2, -0.15) is 0 Å². The van der Waals surface area contributed by atoms with E-state index in [1.165, 1.54) is 57.8 Å². The minimum absolute atomic E-state index is 0.147. The van der Waals surface area contributed by atoms with Crippen LogP contribution < -0.4 is 4.74 Å². The van der Waals surface area contributed by atoms with E-state index in [0.717, 1.165) is 24.3 Å². The smallest absolute Gasteiger partial charge is 0.119 e. The van der Waals surface area contributed by atoms with Crippen molar-refractivity contribution in [1.29, 1.82) is 0 Å². The molecule has 0 aliphatic heterocycles. The standard InChI is InChI=1S/C23H39FO3/c1-2-3-4-5-6-7-8-9-10-11-17-27-23-14-12-22(13-15-23)21-26-20-19-25-18-16-24/h12-15H,2-11,16-21H2,1H3. The first-order valence-corrected chi connectivity index (χ1v) is 10.8. The Balaban J connectivity index is 1.94. The quantitative estimate of drug-likeness (QED) is 0.256. The maximum Gasteiger partial charge on any atom is 0.119 e. The summed E-state index contributed by atoms with van der Waals surface area (Å²) in [4.78, 5) is 0. The lowest BCUT2D eigenvalue weighted by Crippen LogP contribution is -2.06. The number of halogens is 1. The van der Waals surface area contributed by atoms with Crippen LogP contribution in [0.25, 0.3) is 0 Å². The van der Waals surface area contributed by atoms with Gasteiger partial charge in [0.15, 0.2) is 0 Å². The second kappa shape index (κ2) is 18.2. The van der Waals surface area contributed by atoms with Gasteiger partial charge in [0, 0.05) is 0 Å². The van der Waals surface area contributed by atoms with Gasteiger partial charge in [0.05, 0.1) is 33.0 Å². The van der Waals surface area contributed by atoms with Gasteiger partial charge < -0.3 is 14.2 Å². The number of alkyl halides is 1. The first-order chi connectivity index (χ1) is 13.4. The molecule has 0 aromatic heterocycles. The molecule has 0 bridgehead atoms. The second-order valence-electron chi connectivity index (χ2n) is 7.03. The van der Waals surface area contributed by atoms with Crippen LogP contribution in [0.2, 0.25) is 0 Å². The van der Waals surface area contributed by atoms with E-state index < -0.39 is 6.67 Å². The Hall–Kier alpha value is -1.13. The predicted octanol–water partition coefficient (Wildman–Crippen LogP) is 6.49. The van der Waals surface area contributed by atoms with Gasteiger partial charge in [-0.05, 0) is 24.1 Å². The van der Waals surface area contributed by atoms with Crippen LogP contribution in [-0.4, -0.2) is 33.1 Å². The topological polar surface area (TPSA) is 27.7 Å². The molecule has 0 saturated heterocycles. The Labute approximate surface area is 165 Å². The van der Waals surface area contributed by atoms with E-state index in [0.29, 0.717) is 19.8 Å². The van der Waals surface area contributed by atoms with Crippen molar-refractivity contribution in [3.05, 3.63) is 29.8 Å². The molecule has 0 aliphatic carbocycles. The lowest BCUT2D eigenvalue weighted by atomic mass is 10.1. The van der Waals surface area contributed by atoms with Crippen molar-refractivity contribution in [2.24, 2.45) is 0 Å². The van der Waals surface area contributed by atoms with Crippen molar-refractivity contribution in [3.63, 3.8) is 0 Å². The molecule has 0 atom stereocenters.